The van der Waals surface area contributed by atoms with Gasteiger partial charge in [0.05, 0.1) is 17.1 Å². The number of carbonyl (C=O) groups excluding carboxylic acids is 1. The van der Waals surface area contributed by atoms with Gasteiger partial charge in [-0.15, -0.1) is 5.10 Å². The number of aromatic nitrogens is 3. The molecule has 1 fully saturated rings. The number of amidine groups is 1. The summed E-state index contributed by atoms with van der Waals surface area (Å²) in [4.78, 5) is 22.9. The van der Waals surface area contributed by atoms with Crippen molar-refractivity contribution in [1.29, 1.82) is 0 Å². The molecule has 1 saturated heterocycles. The number of nitrogens with zero attached hydrogens (tertiary/aromatic N) is 5. The summed E-state index contributed by atoms with van der Waals surface area (Å²) in [5.41, 5.74) is 3.30. The van der Waals surface area contributed by atoms with Crippen LogP contribution >= 0.6 is 24.0 Å². The van der Waals surface area contributed by atoms with E-state index < -0.39 is 23.9 Å². The lowest BCUT2D eigenvalue weighted by Gasteiger charge is -2.22. The first-order valence-corrected chi connectivity index (χ1v) is 15.9. The minimum Gasteiger partial charge on any atom is -0.426 e. The molecule has 1 aliphatic heterocycles. The van der Waals surface area contributed by atoms with Gasteiger partial charge in [-0.25, -0.2) is 14.1 Å². The molecule has 0 radical (unpaired) electrons. The summed E-state index contributed by atoms with van der Waals surface area (Å²) in [6.45, 7) is 6.35. The van der Waals surface area contributed by atoms with E-state index in [0.29, 0.717) is 34.5 Å². The molecule has 48 heavy (non-hydrogen) atoms. The Balaban J connectivity index is 1.20. The Bertz CT molecular complexity index is 1830. The quantitative estimate of drug-likeness (QED) is 0.140. The van der Waals surface area contributed by atoms with Gasteiger partial charge in [0.25, 0.3) is 0 Å². The summed E-state index contributed by atoms with van der Waals surface area (Å²) in [7, 11) is 0. The molecule has 2 heterocycles. The number of benzene rings is 3. The van der Waals surface area contributed by atoms with Crippen LogP contribution in [0.1, 0.15) is 43.7 Å². The number of hydrogen-bond donors (Lipinski definition) is 1. The van der Waals surface area contributed by atoms with Crippen LogP contribution < -0.4 is 15.0 Å². The Hall–Kier alpha value is -4.44. The van der Waals surface area contributed by atoms with Gasteiger partial charge in [-0.3, -0.25) is 9.69 Å². The van der Waals surface area contributed by atoms with Crippen molar-refractivity contribution in [3.05, 3.63) is 90.0 Å². The Morgan fingerprint density at radius 1 is 1.04 bits per heavy atom. The molecule has 0 saturated carbocycles. The molecule has 0 bridgehead atoms. The SMILES string of the molecule is CC(C)c1ccc(F)cc1N1C(=O)CSC1=NC(=S)NCC(C)c1ccc(-c2ncn(-c3ccc(OC(F)(F)C(F)(F)F)cc3)n2)cc1. The standard InChI is InChI=1S/C32H28F6N6O2S2/c1-18(2)25-13-8-22(33)14-26(25)44-27(45)16-48-30(44)41-29(47)39-15-19(3)20-4-6-21(7-5-20)28-40-17-43(42-28)23-9-11-24(12-10-23)46-32(37,38)31(34,35)36/h4-14,17-19H,15-16H2,1-3H3,(H,39,47). The first-order chi connectivity index (χ1) is 22.6. The lowest BCUT2D eigenvalue weighted by Crippen LogP contribution is -2.41. The summed E-state index contributed by atoms with van der Waals surface area (Å²) in [6.07, 6.45) is -9.79. The van der Waals surface area contributed by atoms with Crippen molar-refractivity contribution in [1.82, 2.24) is 20.1 Å². The number of nitrogens with one attached hydrogen (secondary N) is 1. The maximum atomic E-state index is 14.1. The van der Waals surface area contributed by atoms with Gasteiger partial charge in [0.15, 0.2) is 16.1 Å². The van der Waals surface area contributed by atoms with Crippen molar-refractivity contribution in [3.63, 3.8) is 0 Å². The minimum absolute atomic E-state index is 0.00194. The molecule has 1 amide bonds. The maximum absolute atomic E-state index is 14.1. The largest absolute Gasteiger partial charge is 0.499 e. The van der Waals surface area contributed by atoms with E-state index in [0.717, 1.165) is 23.3 Å². The molecule has 1 N–H and O–H groups in total. The number of halogens is 6. The van der Waals surface area contributed by atoms with Crippen LogP contribution in [0.4, 0.5) is 32.0 Å². The maximum Gasteiger partial charge on any atom is 0.499 e. The summed E-state index contributed by atoms with van der Waals surface area (Å²) in [5, 5.41) is 8.05. The highest BCUT2D eigenvalue weighted by molar-refractivity contribution is 8.15. The van der Waals surface area contributed by atoms with Gasteiger partial charge in [0.2, 0.25) is 5.91 Å². The summed E-state index contributed by atoms with van der Waals surface area (Å²) in [6, 6.07) is 16.3. The fraction of sp³-hybridized carbons (Fsp3) is 0.281. The number of hydrogen-bond acceptors (Lipinski definition) is 6. The molecule has 16 heteroatoms. The topological polar surface area (TPSA) is 84.6 Å². The molecular formula is C32H28F6N6O2S2. The van der Waals surface area contributed by atoms with Crippen molar-refractivity contribution in [2.75, 3.05) is 17.2 Å². The van der Waals surface area contributed by atoms with E-state index in [9.17, 15) is 31.1 Å². The van der Waals surface area contributed by atoms with Crippen molar-refractivity contribution < 1.29 is 35.9 Å². The molecule has 0 aliphatic carbocycles. The van der Waals surface area contributed by atoms with Crippen molar-refractivity contribution in [2.45, 2.75) is 44.9 Å². The van der Waals surface area contributed by atoms with E-state index in [1.54, 1.807) is 6.07 Å². The molecule has 1 aromatic heterocycles. The first kappa shape index (κ1) is 34.9. The van der Waals surface area contributed by atoms with Gasteiger partial charge in [-0.2, -0.15) is 26.9 Å². The van der Waals surface area contributed by atoms with Crippen molar-refractivity contribution in [2.24, 2.45) is 4.99 Å². The Morgan fingerprint density at radius 3 is 2.38 bits per heavy atom. The minimum atomic E-state index is -5.85. The van der Waals surface area contributed by atoms with E-state index in [-0.39, 0.29) is 28.6 Å². The molecule has 0 spiro atoms. The number of carbonyl (C=O) groups is 1. The van der Waals surface area contributed by atoms with Crippen LogP contribution in [0.3, 0.4) is 0 Å². The first-order valence-electron chi connectivity index (χ1n) is 14.5. The average Bonchev–Trinajstić information content (AvgIpc) is 3.66. The van der Waals surface area contributed by atoms with Gasteiger partial charge in [-0.1, -0.05) is 62.9 Å². The third-order valence-electron chi connectivity index (χ3n) is 7.28. The number of alkyl halides is 5. The number of aliphatic imine (C=N–C) groups is 1. The van der Waals surface area contributed by atoms with E-state index in [4.69, 9.17) is 12.2 Å². The highest BCUT2D eigenvalue weighted by Gasteiger charge is 2.61. The van der Waals surface area contributed by atoms with E-state index in [2.05, 4.69) is 25.1 Å². The number of anilines is 1. The molecule has 8 nitrogen and oxygen atoms in total. The van der Waals surface area contributed by atoms with Gasteiger partial charge in [0, 0.05) is 12.1 Å². The Labute approximate surface area is 281 Å². The van der Waals surface area contributed by atoms with Gasteiger partial charge < -0.3 is 10.1 Å². The predicted octanol–water partition coefficient (Wildman–Crippen LogP) is 7.84. The highest BCUT2D eigenvalue weighted by Crippen LogP contribution is 2.37. The van der Waals surface area contributed by atoms with Crippen LogP contribution in [0.5, 0.6) is 5.75 Å². The zero-order valence-corrected chi connectivity index (χ0v) is 27.3. The fourth-order valence-electron chi connectivity index (χ4n) is 4.72. The molecule has 252 valence electrons. The lowest BCUT2D eigenvalue weighted by molar-refractivity contribution is -0.360. The van der Waals surface area contributed by atoms with Crippen LogP contribution in [-0.4, -0.2) is 55.5 Å². The molecular weight excluding hydrogens is 679 g/mol. The van der Waals surface area contributed by atoms with E-state index in [1.165, 1.54) is 51.9 Å². The number of ether oxygens (including phenoxy) is 1. The number of amides is 1. The molecule has 4 aromatic rings. The van der Waals surface area contributed by atoms with Crippen molar-refractivity contribution in [3.8, 4) is 22.8 Å². The van der Waals surface area contributed by atoms with Crippen LogP contribution in [0.25, 0.3) is 17.1 Å². The van der Waals surface area contributed by atoms with Crippen LogP contribution in [-0.2, 0) is 4.79 Å². The van der Waals surface area contributed by atoms with Crippen molar-refractivity contribution >= 4 is 45.9 Å². The predicted molar refractivity (Wildman–Crippen MR) is 175 cm³/mol. The molecule has 3 aromatic carbocycles. The Morgan fingerprint density at radius 2 is 1.73 bits per heavy atom. The molecule has 5 rings (SSSR count). The molecule has 1 atom stereocenters. The zero-order chi connectivity index (χ0) is 34.8. The average molecular weight is 707 g/mol. The van der Waals surface area contributed by atoms with Gasteiger partial charge in [0.1, 0.15) is 17.9 Å². The second-order valence-corrected chi connectivity index (χ2v) is 12.4. The van der Waals surface area contributed by atoms with Crippen LogP contribution in [0.2, 0.25) is 0 Å². The van der Waals surface area contributed by atoms with Gasteiger partial charge >= 0.3 is 12.3 Å². The van der Waals surface area contributed by atoms with Crippen LogP contribution in [0.15, 0.2) is 78.0 Å². The highest BCUT2D eigenvalue weighted by atomic mass is 32.2. The monoisotopic (exact) mass is 706 g/mol. The second kappa shape index (κ2) is 14.0. The molecule has 1 unspecified atom stereocenters. The normalized spacial score (nSPS) is 15.3. The zero-order valence-electron chi connectivity index (χ0n) is 25.6. The fourth-order valence-corrected chi connectivity index (χ4v) is 5.81. The summed E-state index contributed by atoms with van der Waals surface area (Å²) >= 11 is 6.69. The number of thioether (sulfide) groups is 1. The lowest BCUT2D eigenvalue weighted by atomic mass is 10.00. The third kappa shape index (κ3) is 7.81. The second-order valence-electron chi connectivity index (χ2n) is 11.1. The molecule has 1 aliphatic rings. The summed E-state index contributed by atoms with van der Waals surface area (Å²) < 4.78 is 82.9. The number of thiocarbonyl (C=S) groups is 1. The van der Waals surface area contributed by atoms with Gasteiger partial charge in [-0.05, 0) is 71.6 Å². The Kier molecular flexibility index (Phi) is 10.1. The van der Waals surface area contributed by atoms with E-state index in [1.807, 2.05) is 45.0 Å². The van der Waals surface area contributed by atoms with E-state index >= 15 is 0 Å². The summed E-state index contributed by atoms with van der Waals surface area (Å²) in [5.74, 6) is -0.739. The smallest absolute Gasteiger partial charge is 0.426 e. The van der Waals surface area contributed by atoms with Crippen LogP contribution in [0, 0.1) is 5.82 Å². The number of rotatable bonds is 9. The third-order valence-corrected chi connectivity index (χ3v) is 8.44.